The number of carbonyl (C=O) groups excluding carboxylic acids is 1. The molecular formula is C26H32N6O2. The van der Waals surface area contributed by atoms with Crippen molar-refractivity contribution in [3.05, 3.63) is 60.8 Å². The highest BCUT2D eigenvalue weighted by atomic mass is 16.5. The van der Waals surface area contributed by atoms with Gasteiger partial charge >= 0.3 is 0 Å². The van der Waals surface area contributed by atoms with Gasteiger partial charge in [0.15, 0.2) is 0 Å². The van der Waals surface area contributed by atoms with Gasteiger partial charge in [-0.15, -0.1) is 0 Å². The van der Waals surface area contributed by atoms with Gasteiger partial charge in [0.1, 0.15) is 0 Å². The van der Waals surface area contributed by atoms with Gasteiger partial charge in [-0.1, -0.05) is 12.1 Å². The molecule has 0 bridgehead atoms. The van der Waals surface area contributed by atoms with Crippen LogP contribution in [0.25, 0.3) is 11.3 Å². The second-order valence-corrected chi connectivity index (χ2v) is 8.66. The molecule has 178 valence electrons. The summed E-state index contributed by atoms with van der Waals surface area (Å²) in [6.45, 7) is 2.54. The first-order chi connectivity index (χ1) is 16.5. The second-order valence-electron chi connectivity index (χ2n) is 8.66. The fourth-order valence-electron chi connectivity index (χ4n) is 4.00. The number of ether oxygens (including phenoxy) is 1. The second kappa shape index (κ2) is 11.1. The van der Waals surface area contributed by atoms with Crippen molar-refractivity contribution in [2.45, 2.75) is 18.9 Å². The third-order valence-corrected chi connectivity index (χ3v) is 6.04. The van der Waals surface area contributed by atoms with E-state index in [0.717, 1.165) is 35.7 Å². The van der Waals surface area contributed by atoms with E-state index in [2.05, 4.69) is 68.8 Å². The van der Waals surface area contributed by atoms with Crippen LogP contribution in [0.3, 0.4) is 0 Å². The molecule has 0 spiro atoms. The zero-order valence-corrected chi connectivity index (χ0v) is 20.0. The molecule has 2 N–H and O–H groups in total. The summed E-state index contributed by atoms with van der Waals surface area (Å²) < 4.78 is 4.94. The average molecular weight is 461 g/mol. The summed E-state index contributed by atoms with van der Waals surface area (Å²) in [5.74, 6) is 0.465. The standard InChI is InChI=1S/C26H32N6O2/c1-31(2)23-13-16-32(18-23)22-10-8-21(9-11-22)29-26-27-15-12-24(30-26)19-4-6-20(7-5-19)28-25(33)14-17-34-3/h4-12,15,23H,13-14,16-18H2,1-3H3,(H,28,33)(H,27,29,30). The summed E-state index contributed by atoms with van der Waals surface area (Å²) in [5, 5.41) is 6.16. The summed E-state index contributed by atoms with van der Waals surface area (Å²) in [7, 11) is 5.87. The minimum atomic E-state index is -0.0728. The molecule has 1 aromatic heterocycles. The monoisotopic (exact) mass is 460 g/mol. The van der Waals surface area contributed by atoms with Crippen molar-refractivity contribution in [2.24, 2.45) is 0 Å². The number of anilines is 4. The van der Waals surface area contributed by atoms with Gasteiger partial charge in [0, 0.05) is 55.1 Å². The number of benzene rings is 2. The Balaban J connectivity index is 1.38. The maximum absolute atomic E-state index is 11.9. The minimum absolute atomic E-state index is 0.0728. The topological polar surface area (TPSA) is 82.6 Å². The van der Waals surface area contributed by atoms with Gasteiger partial charge in [-0.25, -0.2) is 9.97 Å². The number of hydrogen-bond acceptors (Lipinski definition) is 7. The van der Waals surface area contributed by atoms with Crippen LogP contribution in [-0.4, -0.2) is 67.7 Å². The fourth-order valence-corrected chi connectivity index (χ4v) is 4.00. The quantitative estimate of drug-likeness (QED) is 0.499. The molecule has 3 aromatic rings. The number of likely N-dealkylation sites (N-methyl/N-ethyl adjacent to an activating group) is 1. The molecular weight excluding hydrogens is 428 g/mol. The Labute approximate surface area is 201 Å². The van der Waals surface area contributed by atoms with Gasteiger partial charge in [-0.3, -0.25) is 4.79 Å². The summed E-state index contributed by atoms with van der Waals surface area (Å²) in [6, 6.07) is 18.5. The molecule has 8 nitrogen and oxygen atoms in total. The van der Waals surface area contributed by atoms with Crippen molar-refractivity contribution in [1.29, 1.82) is 0 Å². The maximum Gasteiger partial charge on any atom is 0.227 e. The fraction of sp³-hybridized carbons (Fsp3) is 0.346. The lowest BCUT2D eigenvalue weighted by atomic mass is 10.1. The molecule has 1 atom stereocenters. The van der Waals surface area contributed by atoms with Crippen LogP contribution in [0, 0.1) is 0 Å². The number of aromatic nitrogens is 2. The van der Waals surface area contributed by atoms with Crippen LogP contribution < -0.4 is 15.5 Å². The van der Waals surface area contributed by atoms with Gasteiger partial charge in [0.25, 0.3) is 0 Å². The van der Waals surface area contributed by atoms with E-state index < -0.39 is 0 Å². The average Bonchev–Trinajstić information content (AvgIpc) is 3.35. The summed E-state index contributed by atoms with van der Waals surface area (Å²) in [5.41, 5.74) is 4.67. The number of amides is 1. The van der Waals surface area contributed by atoms with Gasteiger partial charge in [-0.05, 0) is 63.0 Å². The van der Waals surface area contributed by atoms with Crippen LogP contribution in [0.2, 0.25) is 0 Å². The molecule has 1 saturated heterocycles. The molecule has 1 aliphatic heterocycles. The van der Waals surface area contributed by atoms with Gasteiger partial charge in [0.2, 0.25) is 11.9 Å². The highest BCUT2D eigenvalue weighted by molar-refractivity contribution is 5.91. The van der Waals surface area contributed by atoms with Crippen LogP contribution in [0.5, 0.6) is 0 Å². The molecule has 2 heterocycles. The van der Waals surface area contributed by atoms with Crippen LogP contribution >= 0.6 is 0 Å². The Morgan fingerprint density at radius 1 is 1.09 bits per heavy atom. The lowest BCUT2D eigenvalue weighted by Gasteiger charge is -2.22. The van der Waals surface area contributed by atoms with Crippen LogP contribution in [-0.2, 0) is 9.53 Å². The lowest BCUT2D eigenvalue weighted by Crippen LogP contribution is -2.31. The highest BCUT2D eigenvalue weighted by Crippen LogP contribution is 2.25. The number of methoxy groups -OCH3 is 1. The van der Waals surface area contributed by atoms with E-state index in [9.17, 15) is 4.79 Å². The molecule has 4 rings (SSSR count). The molecule has 1 unspecified atom stereocenters. The Morgan fingerprint density at radius 3 is 2.50 bits per heavy atom. The normalized spacial score (nSPS) is 15.5. The van der Waals surface area contributed by atoms with Crippen LogP contribution in [0.15, 0.2) is 60.8 Å². The number of nitrogens with one attached hydrogen (secondary N) is 2. The molecule has 0 radical (unpaired) electrons. The molecule has 0 aliphatic carbocycles. The van der Waals surface area contributed by atoms with Gasteiger partial charge < -0.3 is 25.2 Å². The Kier molecular flexibility index (Phi) is 7.72. The number of carbonyl (C=O) groups is 1. The van der Waals surface area contributed by atoms with E-state index in [-0.39, 0.29) is 5.91 Å². The van der Waals surface area contributed by atoms with E-state index in [1.54, 1.807) is 13.3 Å². The zero-order valence-electron chi connectivity index (χ0n) is 20.0. The SMILES string of the molecule is COCCC(=O)Nc1ccc(-c2ccnc(Nc3ccc(N4CCC(N(C)C)C4)cc3)n2)cc1. The van der Waals surface area contributed by atoms with E-state index in [4.69, 9.17) is 4.74 Å². The predicted molar refractivity (Wildman–Crippen MR) is 137 cm³/mol. The number of nitrogens with zero attached hydrogens (tertiary/aromatic N) is 4. The number of hydrogen-bond donors (Lipinski definition) is 2. The Morgan fingerprint density at radius 2 is 1.82 bits per heavy atom. The molecule has 1 amide bonds. The van der Waals surface area contributed by atoms with Crippen molar-refractivity contribution in [2.75, 3.05) is 56.4 Å². The maximum atomic E-state index is 11.9. The molecule has 0 saturated carbocycles. The van der Waals surface area contributed by atoms with Crippen molar-refractivity contribution < 1.29 is 9.53 Å². The summed E-state index contributed by atoms with van der Waals surface area (Å²) in [6.07, 6.45) is 3.26. The van der Waals surface area contributed by atoms with E-state index >= 15 is 0 Å². The van der Waals surface area contributed by atoms with Crippen LogP contribution in [0.1, 0.15) is 12.8 Å². The van der Waals surface area contributed by atoms with E-state index in [0.29, 0.717) is 25.0 Å². The van der Waals surface area contributed by atoms with Crippen molar-refractivity contribution in [1.82, 2.24) is 14.9 Å². The molecule has 2 aromatic carbocycles. The Bertz CT molecular complexity index is 1090. The third kappa shape index (κ3) is 6.09. The summed E-state index contributed by atoms with van der Waals surface area (Å²) in [4.78, 5) is 25.6. The highest BCUT2D eigenvalue weighted by Gasteiger charge is 2.23. The minimum Gasteiger partial charge on any atom is -0.384 e. The van der Waals surface area contributed by atoms with Crippen LogP contribution in [0.4, 0.5) is 23.0 Å². The van der Waals surface area contributed by atoms with Crippen molar-refractivity contribution in [3.63, 3.8) is 0 Å². The van der Waals surface area contributed by atoms with Gasteiger partial charge in [-0.2, -0.15) is 0 Å². The molecule has 1 fully saturated rings. The summed E-state index contributed by atoms with van der Waals surface area (Å²) >= 11 is 0. The third-order valence-electron chi connectivity index (χ3n) is 6.04. The number of rotatable bonds is 9. The van der Waals surface area contributed by atoms with E-state index in [1.165, 1.54) is 12.1 Å². The first kappa shape index (κ1) is 23.7. The van der Waals surface area contributed by atoms with Gasteiger partial charge in [0.05, 0.1) is 18.7 Å². The molecule has 1 aliphatic rings. The first-order valence-corrected chi connectivity index (χ1v) is 11.5. The molecule has 8 heteroatoms. The molecule has 34 heavy (non-hydrogen) atoms. The largest absolute Gasteiger partial charge is 0.384 e. The van der Waals surface area contributed by atoms with E-state index in [1.807, 2.05) is 30.3 Å². The Hall–Kier alpha value is -3.49. The predicted octanol–water partition coefficient (Wildman–Crippen LogP) is 4.00. The van der Waals surface area contributed by atoms with Crippen molar-refractivity contribution in [3.8, 4) is 11.3 Å². The lowest BCUT2D eigenvalue weighted by molar-refractivity contribution is -0.117. The zero-order chi connectivity index (χ0) is 23.9. The van der Waals surface area contributed by atoms with Crippen molar-refractivity contribution >= 4 is 28.9 Å². The smallest absolute Gasteiger partial charge is 0.227 e. The first-order valence-electron chi connectivity index (χ1n) is 11.5.